The zero-order valence-corrected chi connectivity index (χ0v) is 20.9. The lowest BCUT2D eigenvalue weighted by atomic mass is 10.2. The molecule has 1 aliphatic heterocycles. The van der Waals surface area contributed by atoms with Crippen LogP contribution in [0.3, 0.4) is 0 Å². The zero-order chi connectivity index (χ0) is 23.8. The molecule has 1 N–H and O–H groups in total. The lowest BCUT2D eigenvalue weighted by Crippen LogP contribution is -2.68. The van der Waals surface area contributed by atoms with E-state index in [2.05, 4.69) is 74.3 Å². The largest absolute Gasteiger partial charge is 0.402 e. The Labute approximate surface area is 195 Å². The molecule has 0 spiro atoms. The molecule has 1 saturated heterocycles. The highest BCUT2D eigenvalue weighted by molar-refractivity contribution is 6.99. The molecule has 0 aliphatic carbocycles. The maximum Gasteiger partial charge on any atom is 0.330 e. The first-order valence-electron chi connectivity index (χ1n) is 11.4. The molecule has 1 aromatic heterocycles. The number of aryl methyl sites for hydroxylation is 1. The zero-order valence-electron chi connectivity index (χ0n) is 19.9. The highest BCUT2D eigenvalue weighted by Gasteiger charge is 2.53. The van der Waals surface area contributed by atoms with E-state index in [1.165, 1.54) is 14.9 Å². The highest BCUT2D eigenvalue weighted by Crippen LogP contribution is 2.40. The summed E-state index contributed by atoms with van der Waals surface area (Å²) in [7, 11) is -2.75. The van der Waals surface area contributed by atoms with Crippen LogP contribution >= 0.6 is 0 Å². The summed E-state index contributed by atoms with van der Waals surface area (Å²) < 4.78 is 14.9. The Morgan fingerprint density at radius 1 is 1.00 bits per heavy atom. The summed E-state index contributed by atoms with van der Waals surface area (Å²) in [6, 6.07) is 21.0. The van der Waals surface area contributed by atoms with Crippen molar-refractivity contribution in [3.05, 3.63) is 93.3 Å². The number of H-pyrrole nitrogens is 1. The van der Waals surface area contributed by atoms with Gasteiger partial charge in [0.2, 0.25) is 0 Å². The summed E-state index contributed by atoms with van der Waals surface area (Å²) in [5, 5.41) is 2.26. The van der Waals surface area contributed by atoms with E-state index in [0.717, 1.165) is 0 Å². The van der Waals surface area contributed by atoms with Crippen molar-refractivity contribution in [1.29, 1.82) is 0 Å². The molecule has 174 valence electrons. The second-order valence-corrected chi connectivity index (χ2v) is 14.1. The Balaban J connectivity index is 1.77. The Kier molecular flexibility index (Phi) is 6.31. The van der Waals surface area contributed by atoms with Crippen molar-refractivity contribution in [2.45, 2.75) is 64.5 Å². The smallest absolute Gasteiger partial charge is 0.330 e. The number of ether oxygens (including phenoxy) is 1. The van der Waals surface area contributed by atoms with Gasteiger partial charge in [-0.25, -0.2) is 4.79 Å². The summed E-state index contributed by atoms with van der Waals surface area (Å²) in [4.78, 5) is 26.7. The molecule has 6 nitrogen and oxygen atoms in total. The number of hydrogen-bond acceptors (Lipinski definition) is 4. The first-order valence-corrected chi connectivity index (χ1v) is 13.3. The van der Waals surface area contributed by atoms with Crippen molar-refractivity contribution in [2.75, 3.05) is 0 Å². The molecular weight excluding hydrogens is 432 g/mol. The summed E-state index contributed by atoms with van der Waals surface area (Å²) in [5.41, 5.74) is -0.362. The molecule has 0 radical (unpaired) electrons. The molecule has 4 rings (SSSR count). The molecule has 0 amide bonds. The van der Waals surface area contributed by atoms with Crippen molar-refractivity contribution in [3.63, 3.8) is 0 Å². The van der Waals surface area contributed by atoms with Gasteiger partial charge in [0.05, 0.1) is 12.2 Å². The van der Waals surface area contributed by atoms with Crippen LogP contribution in [0.25, 0.3) is 0 Å². The topological polar surface area (TPSA) is 73.3 Å². The van der Waals surface area contributed by atoms with Crippen LogP contribution in [-0.2, 0) is 9.16 Å². The second kappa shape index (κ2) is 8.89. The number of aromatic amines is 1. The summed E-state index contributed by atoms with van der Waals surface area (Å²) >= 11 is 0. The Hall–Kier alpha value is -2.74. The molecule has 1 aliphatic rings. The molecule has 7 heteroatoms. The summed E-state index contributed by atoms with van der Waals surface area (Å²) in [6.45, 7) is 10.4. The molecule has 3 atom stereocenters. The van der Waals surface area contributed by atoms with Gasteiger partial charge in [0.25, 0.3) is 13.9 Å². The fourth-order valence-corrected chi connectivity index (χ4v) is 9.58. The predicted molar refractivity (Wildman–Crippen MR) is 133 cm³/mol. The van der Waals surface area contributed by atoms with Gasteiger partial charge in [-0.15, -0.1) is 0 Å². The van der Waals surface area contributed by atoms with Crippen LogP contribution < -0.4 is 21.6 Å². The van der Waals surface area contributed by atoms with Crippen LogP contribution in [0.5, 0.6) is 0 Å². The van der Waals surface area contributed by atoms with Gasteiger partial charge >= 0.3 is 5.69 Å². The third-order valence-electron chi connectivity index (χ3n) is 6.53. The third-order valence-corrected chi connectivity index (χ3v) is 11.6. The summed E-state index contributed by atoms with van der Waals surface area (Å²) in [6.07, 6.45) is 1.18. The standard InChI is InChI=1S/C26H32N2O4Si/c1-18-17-28(25(30)27-24(18)29)23-16-22(19(2)31-23)32-33(26(3,4)5,20-12-8-6-9-13-20)21-14-10-7-11-15-21/h6-15,17,19,22-23H,16H2,1-5H3,(H,27,29,30)/t19-,22?,23-/m1/s1. The number of nitrogens with zero attached hydrogens (tertiary/aromatic N) is 1. The fraction of sp³-hybridized carbons (Fsp3) is 0.385. The number of aromatic nitrogens is 2. The van der Waals surface area contributed by atoms with E-state index >= 15 is 0 Å². The van der Waals surface area contributed by atoms with Crippen LogP contribution in [0, 0.1) is 6.92 Å². The summed E-state index contributed by atoms with van der Waals surface area (Å²) in [5.74, 6) is 0. The average Bonchev–Trinajstić information content (AvgIpc) is 3.14. The average molecular weight is 465 g/mol. The van der Waals surface area contributed by atoms with E-state index in [0.29, 0.717) is 12.0 Å². The maximum absolute atomic E-state index is 12.5. The van der Waals surface area contributed by atoms with Gasteiger partial charge in [0.15, 0.2) is 0 Å². The lowest BCUT2D eigenvalue weighted by molar-refractivity contribution is -0.00785. The molecular formula is C26H32N2O4Si. The van der Waals surface area contributed by atoms with Crippen molar-refractivity contribution < 1.29 is 9.16 Å². The molecule has 1 unspecified atom stereocenters. The monoisotopic (exact) mass is 464 g/mol. The molecule has 33 heavy (non-hydrogen) atoms. The third kappa shape index (κ3) is 4.28. The molecule has 3 aromatic rings. The fourth-order valence-electron chi connectivity index (χ4n) is 4.82. The van der Waals surface area contributed by atoms with Gasteiger partial charge in [0, 0.05) is 18.2 Å². The molecule has 0 saturated carbocycles. The van der Waals surface area contributed by atoms with Crippen LogP contribution in [0.15, 0.2) is 76.4 Å². The van der Waals surface area contributed by atoms with Gasteiger partial charge < -0.3 is 9.16 Å². The Morgan fingerprint density at radius 2 is 1.55 bits per heavy atom. The van der Waals surface area contributed by atoms with Gasteiger partial charge in [-0.3, -0.25) is 14.3 Å². The minimum Gasteiger partial charge on any atom is -0.402 e. The highest BCUT2D eigenvalue weighted by atomic mass is 28.4. The van der Waals surface area contributed by atoms with Gasteiger partial charge in [0.1, 0.15) is 6.23 Å². The van der Waals surface area contributed by atoms with Crippen LogP contribution in [0.2, 0.25) is 5.04 Å². The van der Waals surface area contributed by atoms with Crippen molar-refractivity contribution >= 4 is 18.7 Å². The molecule has 0 bridgehead atoms. The van der Waals surface area contributed by atoms with Crippen molar-refractivity contribution in [2.24, 2.45) is 0 Å². The molecule has 1 fully saturated rings. The maximum atomic E-state index is 12.5. The first-order chi connectivity index (χ1) is 15.6. The molecule has 2 heterocycles. The van der Waals surface area contributed by atoms with Crippen molar-refractivity contribution in [3.8, 4) is 0 Å². The SMILES string of the molecule is Cc1cn([C@H]2CC(O[Si](c3ccccc3)(c3ccccc3)C(C)(C)C)[C@@H](C)O2)c(=O)[nH]c1=O. The molecule has 2 aromatic carbocycles. The Morgan fingerprint density at radius 3 is 2.06 bits per heavy atom. The van der Waals surface area contributed by atoms with E-state index in [1.54, 1.807) is 13.1 Å². The predicted octanol–water partition coefficient (Wildman–Crippen LogP) is 3.10. The quantitative estimate of drug-likeness (QED) is 0.589. The number of benzene rings is 2. The second-order valence-electron chi connectivity index (χ2n) is 9.83. The van der Waals surface area contributed by atoms with Gasteiger partial charge in [-0.1, -0.05) is 81.4 Å². The van der Waals surface area contributed by atoms with E-state index in [-0.39, 0.29) is 22.8 Å². The number of hydrogen-bond donors (Lipinski definition) is 1. The van der Waals surface area contributed by atoms with E-state index in [9.17, 15) is 9.59 Å². The minimum atomic E-state index is -2.75. The normalized spacial score (nSPS) is 21.3. The van der Waals surface area contributed by atoms with Crippen LogP contribution in [0.4, 0.5) is 0 Å². The van der Waals surface area contributed by atoms with Gasteiger partial charge in [-0.2, -0.15) is 0 Å². The van der Waals surface area contributed by atoms with E-state index in [4.69, 9.17) is 9.16 Å². The van der Waals surface area contributed by atoms with E-state index in [1.807, 2.05) is 19.1 Å². The van der Waals surface area contributed by atoms with Crippen LogP contribution in [-0.4, -0.2) is 30.1 Å². The van der Waals surface area contributed by atoms with E-state index < -0.39 is 20.2 Å². The number of nitrogens with one attached hydrogen (secondary N) is 1. The van der Waals surface area contributed by atoms with Crippen molar-refractivity contribution in [1.82, 2.24) is 9.55 Å². The minimum absolute atomic E-state index is 0.154. The Bertz CT molecular complexity index is 1180. The lowest BCUT2D eigenvalue weighted by Gasteiger charge is -2.45. The number of rotatable bonds is 5. The van der Waals surface area contributed by atoms with Gasteiger partial charge in [-0.05, 0) is 29.3 Å². The first kappa shape index (κ1) is 23.4. The van der Waals surface area contributed by atoms with Crippen LogP contribution in [0.1, 0.15) is 45.9 Å².